The standard InChI is InChI=1S/C82H62N2O/c1-53(2)59-37-41-79(75(47-59)57-19-7-5-8-20-57)83(67-29-15-27-63(43-67)73-33-17-25-55-23-11-13-31-71(55)73)69-39-35-61-49-77-78-50-62-36-40-70(46-66(62)52-82(78)85-81(77)51-65(61)45-69)84(80-42-38-60(54(3)4)48-76(80)58-21-9-6-10-22-58)68-30-16-28-64(44-68)74-34-18-26-56-24-12-14-32-72(56)74/h5-54H,1-4H3. The predicted molar refractivity (Wildman–Crippen MR) is 363 cm³/mol. The Morgan fingerprint density at radius 2 is 0.635 bits per heavy atom. The van der Waals surface area contributed by atoms with E-state index in [9.17, 15) is 0 Å². The fourth-order valence-corrected chi connectivity index (χ4v) is 12.9. The maximum Gasteiger partial charge on any atom is 0.136 e. The molecule has 0 N–H and O–H groups in total. The van der Waals surface area contributed by atoms with E-state index < -0.39 is 0 Å². The van der Waals surface area contributed by atoms with Gasteiger partial charge in [0.2, 0.25) is 0 Å². The minimum Gasteiger partial charge on any atom is -0.456 e. The number of fused-ring (bicyclic) bond motifs is 7. The first-order valence-corrected chi connectivity index (χ1v) is 29.8. The van der Waals surface area contributed by atoms with Crippen molar-refractivity contribution in [3.05, 3.63) is 302 Å². The topological polar surface area (TPSA) is 19.6 Å². The molecule has 0 amide bonds. The average molecular weight is 1090 g/mol. The molecular formula is C82H62N2O. The number of hydrogen-bond acceptors (Lipinski definition) is 3. The van der Waals surface area contributed by atoms with E-state index >= 15 is 0 Å². The highest BCUT2D eigenvalue weighted by Gasteiger charge is 2.23. The van der Waals surface area contributed by atoms with Crippen LogP contribution in [0.25, 0.3) is 110 Å². The van der Waals surface area contributed by atoms with Crippen LogP contribution in [0.15, 0.2) is 296 Å². The summed E-state index contributed by atoms with van der Waals surface area (Å²) in [6, 6.07) is 107. The van der Waals surface area contributed by atoms with Crippen molar-refractivity contribution < 1.29 is 4.42 Å². The molecule has 0 fully saturated rings. The minimum absolute atomic E-state index is 0.367. The van der Waals surface area contributed by atoms with Crippen molar-refractivity contribution in [3.8, 4) is 44.5 Å². The molecule has 14 aromatic carbocycles. The van der Waals surface area contributed by atoms with E-state index in [0.717, 1.165) is 77.6 Å². The van der Waals surface area contributed by atoms with Gasteiger partial charge in [0.15, 0.2) is 0 Å². The molecule has 1 aromatic heterocycles. The summed E-state index contributed by atoms with van der Waals surface area (Å²) >= 11 is 0. The molecule has 0 aliphatic rings. The molecule has 406 valence electrons. The van der Waals surface area contributed by atoms with Crippen LogP contribution in [0.5, 0.6) is 0 Å². The summed E-state index contributed by atoms with van der Waals surface area (Å²) in [5.74, 6) is 0.734. The lowest BCUT2D eigenvalue weighted by molar-refractivity contribution is 0.670. The second-order valence-corrected chi connectivity index (χ2v) is 23.3. The second-order valence-electron chi connectivity index (χ2n) is 23.3. The SMILES string of the molecule is CC(C)c1ccc(N(c2cccc(-c3cccc4ccccc34)c2)c2ccc3cc4c(cc3c2)oc2cc3cc(N(c5cccc(-c6cccc7ccccc67)c5)c5ccc(C(C)C)cc5-c5ccccc5)ccc3cc24)c(-c2ccccc2)c1. The van der Waals surface area contributed by atoms with Crippen LogP contribution in [0.4, 0.5) is 34.1 Å². The molecule has 1 heterocycles. The molecule has 0 aliphatic heterocycles. The minimum atomic E-state index is 0.367. The van der Waals surface area contributed by atoms with Crippen LogP contribution in [-0.4, -0.2) is 0 Å². The number of furan rings is 1. The Labute approximate surface area is 496 Å². The third kappa shape index (κ3) is 9.45. The fourth-order valence-electron chi connectivity index (χ4n) is 12.9. The summed E-state index contributed by atoms with van der Waals surface area (Å²) in [6.07, 6.45) is 0. The van der Waals surface area contributed by atoms with Crippen molar-refractivity contribution in [1.82, 2.24) is 0 Å². The number of hydrogen-bond donors (Lipinski definition) is 0. The van der Waals surface area contributed by atoms with E-state index in [4.69, 9.17) is 4.42 Å². The summed E-state index contributed by atoms with van der Waals surface area (Å²) in [5, 5.41) is 11.6. The molecule has 0 radical (unpaired) electrons. The fraction of sp³-hybridized carbons (Fsp3) is 0.0732. The molecule has 0 aliphatic carbocycles. The van der Waals surface area contributed by atoms with Gasteiger partial charge < -0.3 is 14.2 Å². The molecule has 0 spiro atoms. The van der Waals surface area contributed by atoms with Crippen molar-refractivity contribution in [2.75, 3.05) is 9.80 Å². The van der Waals surface area contributed by atoms with E-state index in [-0.39, 0.29) is 0 Å². The summed E-state index contributed by atoms with van der Waals surface area (Å²) in [4.78, 5) is 4.89. The maximum absolute atomic E-state index is 7.01. The van der Waals surface area contributed by atoms with Crippen LogP contribution in [0.1, 0.15) is 50.7 Å². The lowest BCUT2D eigenvalue weighted by Crippen LogP contribution is -2.12. The number of anilines is 6. The molecule has 0 saturated carbocycles. The zero-order valence-corrected chi connectivity index (χ0v) is 48.2. The van der Waals surface area contributed by atoms with Gasteiger partial charge in [-0.3, -0.25) is 0 Å². The van der Waals surface area contributed by atoms with E-state index in [1.54, 1.807) is 0 Å². The van der Waals surface area contributed by atoms with Gasteiger partial charge in [0.25, 0.3) is 0 Å². The molecule has 0 saturated heterocycles. The molecule has 15 aromatic rings. The first-order valence-electron chi connectivity index (χ1n) is 29.8. The monoisotopic (exact) mass is 1090 g/mol. The average Bonchev–Trinajstić information content (AvgIpc) is 3.25. The van der Waals surface area contributed by atoms with Gasteiger partial charge in [-0.2, -0.15) is 0 Å². The maximum atomic E-state index is 7.01. The zero-order chi connectivity index (χ0) is 57.1. The van der Waals surface area contributed by atoms with E-state index in [1.165, 1.54) is 77.2 Å². The van der Waals surface area contributed by atoms with Crippen LogP contribution in [-0.2, 0) is 0 Å². The Morgan fingerprint density at radius 1 is 0.247 bits per heavy atom. The quantitative estimate of drug-likeness (QED) is 0.122. The predicted octanol–water partition coefficient (Wildman–Crippen LogP) is 24.1. The summed E-state index contributed by atoms with van der Waals surface area (Å²) in [5.41, 5.74) is 20.3. The molecule has 15 rings (SSSR count). The summed E-state index contributed by atoms with van der Waals surface area (Å²) < 4.78 is 7.01. The number of nitrogens with zero attached hydrogens (tertiary/aromatic N) is 2. The highest BCUT2D eigenvalue weighted by Crippen LogP contribution is 2.48. The Bertz CT molecular complexity index is 4710. The largest absolute Gasteiger partial charge is 0.456 e. The van der Waals surface area contributed by atoms with Crippen LogP contribution in [0.2, 0.25) is 0 Å². The third-order valence-electron chi connectivity index (χ3n) is 17.3. The van der Waals surface area contributed by atoms with Gasteiger partial charge in [0.1, 0.15) is 11.2 Å². The molecule has 0 atom stereocenters. The Morgan fingerprint density at radius 3 is 1.08 bits per heavy atom. The van der Waals surface area contributed by atoms with Gasteiger partial charge in [-0.1, -0.05) is 222 Å². The number of rotatable bonds is 12. The lowest BCUT2D eigenvalue weighted by atomic mass is 9.94. The van der Waals surface area contributed by atoms with Gasteiger partial charge in [0, 0.05) is 44.6 Å². The zero-order valence-electron chi connectivity index (χ0n) is 48.2. The van der Waals surface area contributed by atoms with Gasteiger partial charge in [-0.15, -0.1) is 0 Å². The third-order valence-corrected chi connectivity index (χ3v) is 17.3. The molecule has 85 heavy (non-hydrogen) atoms. The van der Waals surface area contributed by atoms with Crippen molar-refractivity contribution in [1.29, 1.82) is 0 Å². The first-order chi connectivity index (χ1) is 41.8. The van der Waals surface area contributed by atoms with E-state index in [0.29, 0.717) is 11.8 Å². The van der Waals surface area contributed by atoms with Crippen molar-refractivity contribution in [2.24, 2.45) is 0 Å². The van der Waals surface area contributed by atoms with Crippen molar-refractivity contribution in [3.63, 3.8) is 0 Å². The van der Waals surface area contributed by atoms with Gasteiger partial charge >= 0.3 is 0 Å². The van der Waals surface area contributed by atoms with Gasteiger partial charge in [-0.05, 0) is 196 Å². The van der Waals surface area contributed by atoms with E-state index in [1.807, 2.05) is 0 Å². The Kier molecular flexibility index (Phi) is 12.9. The van der Waals surface area contributed by atoms with Crippen LogP contribution >= 0.6 is 0 Å². The van der Waals surface area contributed by atoms with Gasteiger partial charge in [0.05, 0.1) is 11.4 Å². The molecule has 3 heteroatoms. The Balaban J connectivity index is 0.871. The smallest absolute Gasteiger partial charge is 0.136 e. The number of benzene rings is 14. The molecular weight excluding hydrogens is 1030 g/mol. The van der Waals surface area contributed by atoms with Crippen molar-refractivity contribution in [2.45, 2.75) is 39.5 Å². The summed E-state index contributed by atoms with van der Waals surface area (Å²) in [6.45, 7) is 9.09. The highest BCUT2D eigenvalue weighted by molar-refractivity contribution is 6.14. The Hall–Kier alpha value is -10.5. The molecule has 0 bridgehead atoms. The van der Waals surface area contributed by atoms with Crippen LogP contribution in [0, 0.1) is 0 Å². The van der Waals surface area contributed by atoms with Crippen molar-refractivity contribution >= 4 is 99.2 Å². The van der Waals surface area contributed by atoms with Crippen LogP contribution in [0.3, 0.4) is 0 Å². The second kappa shape index (κ2) is 21.4. The lowest BCUT2D eigenvalue weighted by Gasteiger charge is -2.29. The normalized spacial score (nSPS) is 11.7. The first kappa shape index (κ1) is 51.4. The van der Waals surface area contributed by atoms with Crippen LogP contribution < -0.4 is 9.80 Å². The molecule has 3 nitrogen and oxygen atoms in total. The van der Waals surface area contributed by atoms with E-state index in [2.05, 4.69) is 329 Å². The van der Waals surface area contributed by atoms with Gasteiger partial charge in [-0.25, -0.2) is 0 Å². The molecule has 0 unspecified atom stereocenters. The summed E-state index contributed by atoms with van der Waals surface area (Å²) in [7, 11) is 0. The highest BCUT2D eigenvalue weighted by atomic mass is 16.3.